The lowest BCUT2D eigenvalue weighted by Gasteiger charge is -2.13. The van der Waals surface area contributed by atoms with E-state index in [0.29, 0.717) is 19.3 Å². The van der Waals surface area contributed by atoms with Crippen LogP contribution in [0.1, 0.15) is 25.7 Å². The van der Waals surface area contributed by atoms with Gasteiger partial charge in [-0.15, -0.1) is 0 Å². The third kappa shape index (κ3) is 14.6. The van der Waals surface area contributed by atoms with Crippen LogP contribution in [-0.2, 0) is 43.1 Å². The molecule has 0 unspecified atom stereocenters. The van der Waals surface area contributed by atoms with Crippen LogP contribution in [0, 0.1) is 0 Å². The molecular weight excluding hydrogens is 496 g/mol. The summed E-state index contributed by atoms with van der Waals surface area (Å²) in [5, 5.41) is 19.7. The molecule has 0 atom stereocenters. The van der Waals surface area contributed by atoms with E-state index in [1.807, 2.05) is 0 Å². The van der Waals surface area contributed by atoms with E-state index in [-0.39, 0.29) is 44.0 Å². The number of nitrogens with one attached hydrogen (secondary N) is 5. The number of hydrogen-bond donors (Lipinski definition) is 6. The number of hydrogen-bond acceptors (Lipinski definition) is 9. The summed E-state index contributed by atoms with van der Waals surface area (Å²) in [6, 6.07) is 0. The number of carboxylic acid groups (broad SMARTS) is 1. The van der Waals surface area contributed by atoms with Crippen molar-refractivity contribution in [2.45, 2.75) is 25.7 Å². The maximum absolute atomic E-state index is 11.8. The second-order valence-electron chi connectivity index (χ2n) is 7.57. The zero-order chi connectivity index (χ0) is 27.6. The summed E-state index contributed by atoms with van der Waals surface area (Å²) < 4.78 is 4.60. The first-order valence-corrected chi connectivity index (χ1v) is 11.2. The summed E-state index contributed by atoms with van der Waals surface area (Å²) in [4.78, 5) is 92.5. The zero-order valence-electron chi connectivity index (χ0n) is 20.0. The highest BCUT2D eigenvalue weighted by molar-refractivity contribution is 6.12. The van der Waals surface area contributed by atoms with Gasteiger partial charge >= 0.3 is 5.97 Å². The van der Waals surface area contributed by atoms with Gasteiger partial charge in [0.2, 0.25) is 29.5 Å². The minimum Gasteiger partial charge on any atom is -0.480 e. The Morgan fingerprint density at radius 2 is 1.14 bits per heavy atom. The third-order valence-corrected chi connectivity index (χ3v) is 4.57. The van der Waals surface area contributed by atoms with Gasteiger partial charge in [0.05, 0.1) is 26.2 Å². The number of rotatable bonds is 18. The molecule has 6 N–H and O–H groups in total. The predicted octanol–water partition coefficient (Wildman–Crippen LogP) is -3.89. The van der Waals surface area contributed by atoms with Gasteiger partial charge in [0, 0.05) is 25.1 Å². The van der Waals surface area contributed by atoms with Crippen molar-refractivity contribution in [3.63, 3.8) is 0 Å². The molecule has 0 aromatic carbocycles. The molecule has 0 fully saturated rings. The number of ether oxygens (including phenoxy) is 1. The van der Waals surface area contributed by atoms with Gasteiger partial charge in [-0.1, -0.05) is 6.42 Å². The first kappa shape index (κ1) is 30.7. The highest BCUT2D eigenvalue weighted by Gasteiger charge is 2.22. The van der Waals surface area contributed by atoms with Gasteiger partial charge in [-0.3, -0.25) is 38.5 Å². The maximum Gasteiger partial charge on any atom is 0.329 e. The summed E-state index contributed by atoms with van der Waals surface area (Å²) in [5.41, 5.74) is 0. The topological polar surface area (TPSA) is 229 Å². The lowest BCUT2D eigenvalue weighted by Crippen LogP contribution is -2.45. The van der Waals surface area contributed by atoms with Crippen molar-refractivity contribution in [3.05, 3.63) is 12.2 Å². The Bertz CT molecular complexity index is 901. The van der Waals surface area contributed by atoms with Gasteiger partial charge in [0.1, 0.15) is 13.3 Å². The van der Waals surface area contributed by atoms with Crippen LogP contribution in [0.5, 0.6) is 0 Å². The molecular formula is C21H30N6O10. The first-order valence-electron chi connectivity index (χ1n) is 11.2. The molecule has 204 valence electrons. The lowest BCUT2D eigenvalue weighted by atomic mass is 10.2. The van der Waals surface area contributed by atoms with Crippen LogP contribution in [0.15, 0.2) is 12.2 Å². The van der Waals surface area contributed by atoms with E-state index in [2.05, 4.69) is 31.3 Å². The summed E-state index contributed by atoms with van der Waals surface area (Å²) in [6.45, 7) is -2.32. The number of aliphatic carboxylic acids is 1. The van der Waals surface area contributed by atoms with Crippen molar-refractivity contribution in [2.75, 3.05) is 46.1 Å². The average Bonchev–Trinajstić information content (AvgIpc) is 3.18. The summed E-state index contributed by atoms with van der Waals surface area (Å²) in [6.07, 6.45) is 4.22. The van der Waals surface area contributed by atoms with Gasteiger partial charge in [0.25, 0.3) is 11.8 Å². The molecule has 1 rings (SSSR count). The van der Waals surface area contributed by atoms with Gasteiger partial charge in [-0.05, 0) is 12.8 Å². The van der Waals surface area contributed by atoms with E-state index in [9.17, 15) is 38.4 Å². The molecule has 1 heterocycles. The number of unbranched alkanes of at least 4 members (excludes halogenated alkanes) is 2. The van der Waals surface area contributed by atoms with Crippen LogP contribution < -0.4 is 26.6 Å². The van der Waals surface area contributed by atoms with Gasteiger partial charge in [-0.2, -0.15) is 0 Å². The summed E-state index contributed by atoms with van der Waals surface area (Å²) in [7, 11) is 0. The Balaban J connectivity index is 2.03. The van der Waals surface area contributed by atoms with Crippen LogP contribution in [-0.4, -0.2) is 103 Å². The fourth-order valence-corrected chi connectivity index (χ4v) is 2.71. The van der Waals surface area contributed by atoms with Crippen molar-refractivity contribution in [1.82, 2.24) is 31.5 Å². The van der Waals surface area contributed by atoms with Crippen molar-refractivity contribution >= 4 is 47.3 Å². The zero-order valence-corrected chi connectivity index (χ0v) is 20.0. The number of carboxylic acids is 1. The molecule has 7 amide bonds. The predicted molar refractivity (Wildman–Crippen MR) is 123 cm³/mol. The molecule has 0 bridgehead atoms. The van der Waals surface area contributed by atoms with E-state index >= 15 is 0 Å². The molecule has 0 saturated heterocycles. The minimum atomic E-state index is -1.20. The molecule has 16 nitrogen and oxygen atoms in total. The quantitative estimate of drug-likeness (QED) is 0.0578. The SMILES string of the molecule is O=C(O)COCNC(=O)CNC(=O)CNC(=O)CNC(=O)CNC(=O)CCCCCN1C(=O)C=CC1=O. The first-order chi connectivity index (χ1) is 17.6. The second-order valence-corrected chi connectivity index (χ2v) is 7.57. The van der Waals surface area contributed by atoms with Crippen molar-refractivity contribution in [3.8, 4) is 0 Å². The molecule has 0 saturated carbocycles. The standard InChI is InChI=1S/C21H30N6O10/c28-14(4-2-1-3-7-27-19(33)5-6-20(27)34)22-8-15(29)23-9-16(30)24-10-17(31)25-11-18(32)26-13-37-12-21(35)36/h5-6H,1-4,7-13H2,(H,22,28)(H,23,29)(H,24,30)(H,25,31)(H,26,32)(H,35,36). The second kappa shape index (κ2) is 17.1. The molecule has 0 aliphatic carbocycles. The smallest absolute Gasteiger partial charge is 0.329 e. The van der Waals surface area contributed by atoms with E-state index in [0.717, 1.165) is 4.90 Å². The number of carbonyl (C=O) groups excluding carboxylic acids is 7. The highest BCUT2D eigenvalue weighted by atomic mass is 16.5. The van der Waals surface area contributed by atoms with Gasteiger partial charge < -0.3 is 36.4 Å². The van der Waals surface area contributed by atoms with Gasteiger partial charge in [0.15, 0.2) is 0 Å². The van der Waals surface area contributed by atoms with Crippen LogP contribution in [0.25, 0.3) is 0 Å². The van der Waals surface area contributed by atoms with E-state index in [1.54, 1.807) is 0 Å². The van der Waals surface area contributed by atoms with Gasteiger partial charge in [-0.25, -0.2) is 4.79 Å². The normalized spacial score (nSPS) is 12.2. The Morgan fingerprint density at radius 1 is 0.676 bits per heavy atom. The van der Waals surface area contributed by atoms with Crippen molar-refractivity contribution in [2.24, 2.45) is 0 Å². The highest BCUT2D eigenvalue weighted by Crippen LogP contribution is 2.07. The number of amides is 7. The summed E-state index contributed by atoms with van der Waals surface area (Å²) >= 11 is 0. The monoisotopic (exact) mass is 526 g/mol. The van der Waals surface area contributed by atoms with Crippen LogP contribution in [0.2, 0.25) is 0 Å². The Labute approximate surface area is 211 Å². The minimum absolute atomic E-state index is 0.149. The molecule has 16 heteroatoms. The van der Waals surface area contributed by atoms with Crippen LogP contribution >= 0.6 is 0 Å². The lowest BCUT2D eigenvalue weighted by molar-refractivity contribution is -0.143. The number of nitrogens with zero attached hydrogens (tertiary/aromatic N) is 1. The average molecular weight is 527 g/mol. The molecule has 1 aliphatic rings. The third-order valence-electron chi connectivity index (χ3n) is 4.57. The Hall–Kier alpha value is -4.34. The maximum atomic E-state index is 11.8. The Morgan fingerprint density at radius 3 is 1.62 bits per heavy atom. The summed E-state index contributed by atoms with van der Waals surface area (Å²) in [5.74, 6) is -4.88. The number of carbonyl (C=O) groups is 8. The van der Waals surface area contributed by atoms with Crippen molar-refractivity contribution < 1.29 is 48.2 Å². The van der Waals surface area contributed by atoms with Crippen LogP contribution in [0.4, 0.5) is 0 Å². The van der Waals surface area contributed by atoms with Crippen molar-refractivity contribution in [1.29, 1.82) is 0 Å². The molecule has 0 spiro atoms. The Kier molecular flexibility index (Phi) is 14.2. The van der Waals surface area contributed by atoms with E-state index < -0.39 is 55.8 Å². The fraction of sp³-hybridized carbons (Fsp3) is 0.524. The molecule has 0 aromatic heterocycles. The molecule has 37 heavy (non-hydrogen) atoms. The fourth-order valence-electron chi connectivity index (χ4n) is 2.71. The largest absolute Gasteiger partial charge is 0.480 e. The molecule has 0 aromatic rings. The number of imide groups is 1. The molecule has 0 radical (unpaired) electrons. The van der Waals surface area contributed by atoms with E-state index in [1.165, 1.54) is 12.2 Å². The van der Waals surface area contributed by atoms with Crippen LogP contribution in [0.3, 0.4) is 0 Å². The van der Waals surface area contributed by atoms with E-state index in [4.69, 9.17) is 5.11 Å². The molecule has 1 aliphatic heterocycles.